The number of fused-ring (bicyclic) bond motifs is 3. The summed E-state index contributed by atoms with van der Waals surface area (Å²) in [6.07, 6.45) is 7.10. The van der Waals surface area contributed by atoms with Crippen LogP contribution in [0.5, 0.6) is 11.6 Å². The van der Waals surface area contributed by atoms with E-state index >= 15 is 0 Å². The first-order chi connectivity index (χ1) is 18.7. The molecule has 2 heterocycles. The van der Waals surface area contributed by atoms with Crippen LogP contribution in [0, 0.1) is 24.7 Å². The number of hydrogen-bond donors (Lipinski definition) is 2. The van der Waals surface area contributed by atoms with Crippen LogP contribution in [0.1, 0.15) is 51.0 Å². The zero-order valence-electron chi connectivity index (χ0n) is 22.8. The monoisotopic (exact) mass is 535 g/mol. The zero-order chi connectivity index (χ0) is 27.7. The first kappa shape index (κ1) is 27.0. The number of carboxylic acid groups (broad SMARTS) is 1. The predicted molar refractivity (Wildman–Crippen MR) is 146 cm³/mol. The molecule has 2 N–H and O–H groups in total. The molecular weight excluding hydrogens is 498 g/mol. The number of amides is 2. The van der Waals surface area contributed by atoms with E-state index in [0.29, 0.717) is 44.0 Å². The third kappa shape index (κ3) is 5.31. The topological polar surface area (TPSA) is 118 Å². The molecular formula is C30H37N3O6. The summed E-state index contributed by atoms with van der Waals surface area (Å²) in [5.41, 5.74) is 0.461. The molecule has 0 spiro atoms. The van der Waals surface area contributed by atoms with Crippen LogP contribution in [0.4, 0.5) is 0 Å². The summed E-state index contributed by atoms with van der Waals surface area (Å²) in [5, 5.41) is 13.6. The maximum absolute atomic E-state index is 13.6. The highest BCUT2D eigenvalue weighted by Gasteiger charge is 2.61. The van der Waals surface area contributed by atoms with E-state index < -0.39 is 35.4 Å². The zero-order valence-corrected chi connectivity index (χ0v) is 22.8. The number of nitrogens with one attached hydrogen (secondary N) is 1. The number of carbonyl (C=O) groups is 3. The molecule has 2 fully saturated rings. The van der Waals surface area contributed by atoms with Crippen molar-refractivity contribution in [1.29, 1.82) is 0 Å². The second-order valence-electron chi connectivity index (χ2n) is 11.0. The average Bonchev–Trinajstić information content (AvgIpc) is 3.44. The van der Waals surface area contributed by atoms with Crippen LogP contribution in [0.2, 0.25) is 0 Å². The van der Waals surface area contributed by atoms with Crippen LogP contribution in [-0.4, -0.2) is 64.6 Å². The fourth-order valence-corrected chi connectivity index (χ4v) is 6.03. The molecule has 39 heavy (non-hydrogen) atoms. The van der Waals surface area contributed by atoms with E-state index in [-0.39, 0.29) is 11.8 Å². The second-order valence-corrected chi connectivity index (χ2v) is 11.0. The van der Waals surface area contributed by atoms with Crippen molar-refractivity contribution in [2.45, 2.75) is 64.0 Å². The molecule has 9 nitrogen and oxygen atoms in total. The number of hydrogen-bond acceptors (Lipinski definition) is 6. The lowest BCUT2D eigenvalue weighted by Crippen LogP contribution is -2.49. The summed E-state index contributed by atoms with van der Waals surface area (Å²) < 4.78 is 12.2. The van der Waals surface area contributed by atoms with Crippen LogP contribution in [-0.2, 0) is 14.4 Å². The lowest BCUT2D eigenvalue weighted by Gasteiger charge is -2.26. The van der Waals surface area contributed by atoms with Gasteiger partial charge in [0, 0.05) is 31.0 Å². The fraction of sp³-hybridized carbons (Fsp3) is 0.533. The van der Waals surface area contributed by atoms with Crippen molar-refractivity contribution in [3.63, 3.8) is 0 Å². The quantitative estimate of drug-likeness (QED) is 0.558. The van der Waals surface area contributed by atoms with Gasteiger partial charge in [0.1, 0.15) is 17.4 Å². The molecule has 2 aromatic rings. The Hall–Kier alpha value is -3.62. The predicted octanol–water partition coefficient (Wildman–Crippen LogP) is 3.87. The van der Waals surface area contributed by atoms with Gasteiger partial charge in [0.2, 0.25) is 17.7 Å². The number of carbonyl (C=O) groups excluding carboxylic acids is 2. The van der Waals surface area contributed by atoms with Gasteiger partial charge in [-0.15, -0.1) is 0 Å². The molecule has 0 radical (unpaired) electrons. The Morgan fingerprint density at radius 2 is 2.03 bits per heavy atom. The Balaban J connectivity index is 1.44. The maximum atomic E-state index is 13.6. The number of aromatic nitrogens is 1. The Labute approximate surface area is 228 Å². The van der Waals surface area contributed by atoms with Crippen LogP contribution >= 0.6 is 0 Å². The number of para-hydroxylation sites is 1. The number of aliphatic carboxylic acids is 1. The van der Waals surface area contributed by atoms with Gasteiger partial charge in [0.05, 0.1) is 24.0 Å². The number of allylic oxidation sites excluding steroid dienone is 1. The number of nitrogens with zero attached hydrogens (tertiary/aromatic N) is 2. The molecule has 9 heteroatoms. The standard InChI is InChI=1S/C30H37N3O6/c1-4-38-25-16-24(21-12-9-10-18(2)26(21)31-25)39-20-14-22-23(15-20)28(35)33(3)13-8-6-5-7-11-19-17-30(19,29(36)37)32-27(22)34/h7,9-12,16,19-20,22-23H,4-6,8,13-15,17H2,1-3H3,(H,32,34)(H,36,37)/b11-7-/t19-,20-,22-,23-,30+/m1/s1. The van der Waals surface area contributed by atoms with Crippen molar-refractivity contribution in [2.75, 3.05) is 20.2 Å². The second kappa shape index (κ2) is 10.9. The first-order valence-corrected chi connectivity index (χ1v) is 13.9. The minimum Gasteiger partial charge on any atom is -0.489 e. The van der Waals surface area contributed by atoms with E-state index in [0.717, 1.165) is 35.7 Å². The minimum atomic E-state index is -1.30. The minimum absolute atomic E-state index is 0.101. The molecule has 2 aliphatic carbocycles. The Kier molecular flexibility index (Phi) is 7.51. The normalized spacial score (nSPS) is 30.1. The van der Waals surface area contributed by atoms with Gasteiger partial charge in [-0.2, -0.15) is 0 Å². The van der Waals surface area contributed by atoms with Crippen molar-refractivity contribution >= 4 is 28.7 Å². The van der Waals surface area contributed by atoms with Crippen molar-refractivity contribution < 1.29 is 29.0 Å². The van der Waals surface area contributed by atoms with Crippen molar-refractivity contribution in [1.82, 2.24) is 15.2 Å². The molecule has 0 bridgehead atoms. The summed E-state index contributed by atoms with van der Waals surface area (Å²) in [5.74, 6) is -2.00. The third-order valence-corrected chi connectivity index (χ3v) is 8.34. The molecule has 1 aliphatic heterocycles. The lowest BCUT2D eigenvalue weighted by molar-refractivity contribution is -0.145. The molecule has 1 aromatic heterocycles. The van der Waals surface area contributed by atoms with E-state index in [1.165, 1.54) is 0 Å². The fourth-order valence-electron chi connectivity index (χ4n) is 6.03. The van der Waals surface area contributed by atoms with Gasteiger partial charge in [-0.1, -0.05) is 24.3 Å². The van der Waals surface area contributed by atoms with Gasteiger partial charge < -0.3 is 24.8 Å². The van der Waals surface area contributed by atoms with E-state index in [2.05, 4.69) is 10.3 Å². The summed E-state index contributed by atoms with van der Waals surface area (Å²) >= 11 is 0. The highest BCUT2D eigenvalue weighted by molar-refractivity contribution is 5.94. The highest BCUT2D eigenvalue weighted by atomic mass is 16.5. The van der Waals surface area contributed by atoms with E-state index in [1.54, 1.807) is 18.0 Å². The van der Waals surface area contributed by atoms with Crippen LogP contribution in [0.15, 0.2) is 36.4 Å². The van der Waals surface area contributed by atoms with Gasteiger partial charge in [-0.3, -0.25) is 9.59 Å². The average molecular weight is 536 g/mol. The van der Waals surface area contributed by atoms with Crippen LogP contribution in [0.25, 0.3) is 10.9 Å². The highest BCUT2D eigenvalue weighted by Crippen LogP contribution is 2.46. The van der Waals surface area contributed by atoms with Crippen molar-refractivity contribution in [3.05, 3.63) is 42.0 Å². The SMILES string of the molecule is CCOc1cc(O[C@@H]2C[C@H]3C(=O)N[C@@]4(C(=O)O)C[C@H]4/C=C\CCCCN(C)C(=O)[C@@H]3C2)c2cccc(C)c2n1. The molecule has 2 amide bonds. The van der Waals surface area contributed by atoms with E-state index in [9.17, 15) is 19.5 Å². The molecule has 5 rings (SSSR count). The Morgan fingerprint density at radius 3 is 2.79 bits per heavy atom. The molecule has 3 aliphatic rings. The first-order valence-electron chi connectivity index (χ1n) is 13.9. The van der Waals surface area contributed by atoms with E-state index in [4.69, 9.17) is 9.47 Å². The van der Waals surface area contributed by atoms with Gasteiger partial charge in [-0.25, -0.2) is 9.78 Å². The van der Waals surface area contributed by atoms with Crippen molar-refractivity contribution in [2.24, 2.45) is 17.8 Å². The molecule has 0 saturated heterocycles. The number of pyridine rings is 1. The van der Waals surface area contributed by atoms with Crippen LogP contribution < -0.4 is 14.8 Å². The molecule has 2 saturated carbocycles. The van der Waals surface area contributed by atoms with Crippen LogP contribution in [0.3, 0.4) is 0 Å². The van der Waals surface area contributed by atoms with E-state index in [1.807, 2.05) is 44.2 Å². The number of rotatable bonds is 5. The number of aryl methyl sites for hydroxylation is 1. The summed E-state index contributed by atoms with van der Waals surface area (Å²) in [7, 11) is 1.77. The molecule has 1 aromatic carbocycles. The Morgan fingerprint density at radius 1 is 1.23 bits per heavy atom. The van der Waals surface area contributed by atoms with Crippen molar-refractivity contribution in [3.8, 4) is 11.6 Å². The summed E-state index contributed by atoms with van der Waals surface area (Å²) in [6, 6.07) is 7.62. The largest absolute Gasteiger partial charge is 0.489 e. The number of benzene rings is 1. The molecule has 0 unspecified atom stereocenters. The number of carboxylic acids is 1. The van der Waals surface area contributed by atoms with Gasteiger partial charge >= 0.3 is 5.97 Å². The smallest absolute Gasteiger partial charge is 0.330 e. The number of ether oxygens (including phenoxy) is 2. The maximum Gasteiger partial charge on any atom is 0.330 e. The van der Waals surface area contributed by atoms with Gasteiger partial charge in [0.15, 0.2) is 0 Å². The van der Waals surface area contributed by atoms with Gasteiger partial charge in [-0.05, 0) is 64.0 Å². The summed E-state index contributed by atoms with van der Waals surface area (Å²) in [4.78, 5) is 45.7. The summed E-state index contributed by atoms with van der Waals surface area (Å²) in [6.45, 7) is 4.94. The van der Waals surface area contributed by atoms with Gasteiger partial charge in [0.25, 0.3) is 0 Å². The third-order valence-electron chi connectivity index (χ3n) is 8.34. The lowest BCUT2D eigenvalue weighted by atomic mass is 9.93. The molecule has 5 atom stereocenters. The Bertz CT molecular complexity index is 1310. The molecule has 208 valence electrons.